The first-order chi connectivity index (χ1) is 13.8. The van der Waals surface area contributed by atoms with E-state index in [0.717, 1.165) is 40.3 Å². The van der Waals surface area contributed by atoms with Gasteiger partial charge >= 0.3 is 0 Å². The number of H-pyrrole nitrogens is 1. The van der Waals surface area contributed by atoms with Crippen molar-refractivity contribution in [1.82, 2.24) is 9.97 Å². The molecule has 1 aromatic heterocycles. The number of nitrogens with zero attached hydrogens (tertiary/aromatic N) is 1. The third-order valence-corrected chi connectivity index (χ3v) is 5.42. The average molecular weight is 388 g/mol. The van der Waals surface area contributed by atoms with Crippen LogP contribution in [0.1, 0.15) is 5.56 Å². The van der Waals surface area contributed by atoms with E-state index in [4.69, 9.17) is 0 Å². The number of para-hydroxylation sites is 3. The molecular formula is C23H21N3OS. The molecule has 2 N–H and O–H groups in total. The van der Waals surface area contributed by atoms with Gasteiger partial charge in [-0.2, -0.15) is 11.8 Å². The number of thioether (sulfide) groups is 1. The van der Waals surface area contributed by atoms with Gasteiger partial charge in [0.25, 0.3) is 0 Å². The summed E-state index contributed by atoms with van der Waals surface area (Å²) in [6.07, 6.45) is 0.967. The van der Waals surface area contributed by atoms with Crippen molar-refractivity contribution in [2.24, 2.45) is 0 Å². The predicted molar refractivity (Wildman–Crippen MR) is 118 cm³/mol. The van der Waals surface area contributed by atoms with E-state index in [1.165, 1.54) is 5.56 Å². The fourth-order valence-electron chi connectivity index (χ4n) is 3.06. The zero-order valence-electron chi connectivity index (χ0n) is 15.4. The molecular weight excluding hydrogens is 366 g/mol. The maximum Gasteiger partial charge on any atom is 0.234 e. The number of amides is 1. The highest BCUT2D eigenvalue weighted by Crippen LogP contribution is 2.27. The van der Waals surface area contributed by atoms with Crippen LogP contribution in [-0.4, -0.2) is 27.4 Å². The van der Waals surface area contributed by atoms with Crippen LogP contribution in [0.3, 0.4) is 0 Å². The Labute approximate surface area is 168 Å². The van der Waals surface area contributed by atoms with Crippen LogP contribution in [0.5, 0.6) is 0 Å². The first kappa shape index (κ1) is 18.3. The van der Waals surface area contributed by atoms with Crippen molar-refractivity contribution in [3.05, 3.63) is 84.4 Å². The van der Waals surface area contributed by atoms with E-state index in [1.54, 1.807) is 11.8 Å². The highest BCUT2D eigenvalue weighted by molar-refractivity contribution is 7.99. The largest absolute Gasteiger partial charge is 0.338 e. The van der Waals surface area contributed by atoms with Crippen molar-refractivity contribution in [2.75, 3.05) is 16.8 Å². The van der Waals surface area contributed by atoms with E-state index in [2.05, 4.69) is 27.4 Å². The summed E-state index contributed by atoms with van der Waals surface area (Å²) in [5, 5.41) is 3.03. The van der Waals surface area contributed by atoms with Crippen molar-refractivity contribution in [1.29, 1.82) is 0 Å². The number of carbonyl (C=O) groups excluding carboxylic acids is 1. The fourth-order valence-corrected chi connectivity index (χ4v) is 3.85. The lowest BCUT2D eigenvalue weighted by molar-refractivity contribution is -0.113. The quantitative estimate of drug-likeness (QED) is 0.432. The minimum absolute atomic E-state index is 0.00150. The van der Waals surface area contributed by atoms with Crippen molar-refractivity contribution in [3.63, 3.8) is 0 Å². The van der Waals surface area contributed by atoms with Crippen LogP contribution in [0.2, 0.25) is 0 Å². The molecule has 5 heteroatoms. The van der Waals surface area contributed by atoms with Gasteiger partial charge in [-0.1, -0.05) is 54.6 Å². The van der Waals surface area contributed by atoms with Gasteiger partial charge in [0.15, 0.2) is 0 Å². The number of aryl methyl sites for hydroxylation is 1. The minimum Gasteiger partial charge on any atom is -0.338 e. The minimum atomic E-state index is 0.00150. The Balaban J connectivity index is 1.39. The number of hydrogen-bond donors (Lipinski definition) is 2. The Kier molecular flexibility index (Phi) is 5.73. The van der Waals surface area contributed by atoms with Crippen LogP contribution in [0.15, 0.2) is 78.9 Å². The molecule has 4 rings (SSSR count). The molecule has 28 heavy (non-hydrogen) atoms. The van der Waals surface area contributed by atoms with Crippen molar-refractivity contribution in [3.8, 4) is 11.4 Å². The second kappa shape index (κ2) is 8.76. The van der Waals surface area contributed by atoms with E-state index < -0.39 is 0 Å². The molecule has 4 aromatic rings. The van der Waals surface area contributed by atoms with Gasteiger partial charge in [-0.05, 0) is 42.0 Å². The number of benzene rings is 3. The fraction of sp³-hybridized carbons (Fsp3) is 0.130. The molecule has 0 aliphatic rings. The zero-order valence-corrected chi connectivity index (χ0v) is 16.2. The highest BCUT2D eigenvalue weighted by atomic mass is 32.2. The number of aromatic amines is 1. The van der Waals surface area contributed by atoms with Gasteiger partial charge in [-0.25, -0.2) is 4.98 Å². The molecule has 0 atom stereocenters. The normalized spacial score (nSPS) is 10.9. The molecule has 1 amide bonds. The first-order valence-electron chi connectivity index (χ1n) is 9.25. The predicted octanol–water partition coefficient (Wildman–Crippen LogP) is 5.14. The summed E-state index contributed by atoms with van der Waals surface area (Å²) >= 11 is 1.65. The van der Waals surface area contributed by atoms with Crippen LogP contribution in [0.4, 0.5) is 5.69 Å². The summed E-state index contributed by atoms with van der Waals surface area (Å²) in [7, 11) is 0. The summed E-state index contributed by atoms with van der Waals surface area (Å²) in [4.78, 5) is 20.4. The number of hydrogen-bond acceptors (Lipinski definition) is 3. The molecule has 1 heterocycles. The van der Waals surface area contributed by atoms with Crippen molar-refractivity contribution < 1.29 is 4.79 Å². The average Bonchev–Trinajstić information content (AvgIpc) is 3.16. The number of nitrogens with one attached hydrogen (secondary N) is 2. The second-order valence-corrected chi connectivity index (χ2v) is 7.59. The maximum absolute atomic E-state index is 12.4. The van der Waals surface area contributed by atoms with Crippen LogP contribution in [-0.2, 0) is 11.2 Å². The standard InChI is InChI=1S/C23H21N3OS/c27-22(16-28-15-14-17-8-2-1-3-9-17)24-19-11-5-4-10-18(19)23-25-20-12-6-7-13-21(20)26-23/h1-13H,14-16H2,(H,24,27)(H,25,26). The Morgan fingerprint density at radius 2 is 1.68 bits per heavy atom. The summed E-state index contributed by atoms with van der Waals surface area (Å²) in [5.41, 5.74) is 4.85. The van der Waals surface area contributed by atoms with Crippen molar-refractivity contribution in [2.45, 2.75) is 6.42 Å². The van der Waals surface area contributed by atoms with Gasteiger partial charge in [0, 0.05) is 5.56 Å². The molecule has 0 unspecified atom stereocenters. The topological polar surface area (TPSA) is 57.8 Å². The maximum atomic E-state index is 12.4. The lowest BCUT2D eigenvalue weighted by Crippen LogP contribution is -2.15. The van der Waals surface area contributed by atoms with Gasteiger partial charge in [-0.3, -0.25) is 4.79 Å². The van der Waals surface area contributed by atoms with Gasteiger partial charge in [0.05, 0.1) is 22.5 Å². The van der Waals surface area contributed by atoms with Gasteiger partial charge in [-0.15, -0.1) is 0 Å². The molecule has 3 aromatic carbocycles. The lowest BCUT2D eigenvalue weighted by atomic mass is 10.1. The Hall–Kier alpha value is -3.05. The Morgan fingerprint density at radius 1 is 0.929 bits per heavy atom. The Bertz CT molecular complexity index is 1040. The number of rotatable bonds is 7. The second-order valence-electron chi connectivity index (χ2n) is 6.48. The molecule has 4 nitrogen and oxygen atoms in total. The number of aromatic nitrogens is 2. The van der Waals surface area contributed by atoms with E-state index in [-0.39, 0.29) is 5.91 Å². The summed E-state index contributed by atoms with van der Waals surface area (Å²) in [6, 6.07) is 26.0. The third-order valence-electron chi connectivity index (χ3n) is 4.46. The van der Waals surface area contributed by atoms with Crippen LogP contribution < -0.4 is 5.32 Å². The zero-order chi connectivity index (χ0) is 19.2. The molecule has 0 fully saturated rings. The van der Waals surface area contributed by atoms with Crippen LogP contribution in [0, 0.1) is 0 Å². The molecule has 0 saturated heterocycles. The molecule has 0 saturated carbocycles. The van der Waals surface area contributed by atoms with Crippen molar-refractivity contribution >= 4 is 34.4 Å². The molecule has 0 radical (unpaired) electrons. The first-order valence-corrected chi connectivity index (χ1v) is 10.4. The number of carbonyl (C=O) groups is 1. The summed E-state index contributed by atoms with van der Waals surface area (Å²) < 4.78 is 0. The van der Waals surface area contributed by atoms with E-state index >= 15 is 0 Å². The van der Waals surface area contributed by atoms with E-state index in [1.807, 2.05) is 66.7 Å². The summed E-state index contributed by atoms with van der Waals surface area (Å²) in [5.74, 6) is 2.11. The van der Waals surface area contributed by atoms with E-state index in [0.29, 0.717) is 5.75 Å². The summed E-state index contributed by atoms with van der Waals surface area (Å²) in [6.45, 7) is 0. The monoisotopic (exact) mass is 387 g/mol. The number of fused-ring (bicyclic) bond motifs is 1. The SMILES string of the molecule is O=C(CSCCc1ccccc1)Nc1ccccc1-c1nc2ccccc2[nH]1. The number of imidazole rings is 1. The molecule has 0 bridgehead atoms. The highest BCUT2D eigenvalue weighted by Gasteiger charge is 2.11. The number of anilines is 1. The molecule has 0 spiro atoms. The molecule has 140 valence electrons. The lowest BCUT2D eigenvalue weighted by Gasteiger charge is -2.09. The molecule has 0 aliphatic heterocycles. The smallest absolute Gasteiger partial charge is 0.234 e. The van der Waals surface area contributed by atoms with Gasteiger partial charge in [0.2, 0.25) is 5.91 Å². The van der Waals surface area contributed by atoms with Crippen LogP contribution >= 0.6 is 11.8 Å². The van der Waals surface area contributed by atoms with Gasteiger partial charge in [0.1, 0.15) is 5.82 Å². The Morgan fingerprint density at radius 3 is 2.54 bits per heavy atom. The van der Waals surface area contributed by atoms with E-state index in [9.17, 15) is 4.79 Å². The molecule has 0 aliphatic carbocycles. The third kappa shape index (κ3) is 4.43. The van der Waals surface area contributed by atoms with Gasteiger partial charge < -0.3 is 10.3 Å². The van der Waals surface area contributed by atoms with Crippen LogP contribution in [0.25, 0.3) is 22.4 Å².